The lowest BCUT2D eigenvalue weighted by atomic mass is 10.2. The first-order valence-corrected chi connectivity index (χ1v) is 7.64. The lowest BCUT2D eigenvalue weighted by molar-refractivity contribution is 0.321. The van der Waals surface area contributed by atoms with Gasteiger partial charge in [0.1, 0.15) is 0 Å². The Morgan fingerprint density at radius 1 is 1.43 bits per heavy atom. The number of hydrogen-bond acceptors (Lipinski definition) is 4. The maximum Gasteiger partial charge on any atom is 0.194 e. The summed E-state index contributed by atoms with van der Waals surface area (Å²) in [7, 11) is 0. The predicted molar refractivity (Wildman–Crippen MR) is 82.7 cm³/mol. The SMILES string of the molecule is CCOc1ccc(NCc2c(C)nc3sccn23)cc1F. The quantitative estimate of drug-likeness (QED) is 0.778. The summed E-state index contributed by atoms with van der Waals surface area (Å²) in [5, 5.41) is 5.23. The van der Waals surface area contributed by atoms with Crippen LogP contribution in [-0.2, 0) is 6.54 Å². The van der Waals surface area contributed by atoms with Gasteiger partial charge < -0.3 is 10.1 Å². The Hall–Kier alpha value is -2.08. The number of fused-ring (bicyclic) bond motifs is 1. The molecule has 0 amide bonds. The number of imidazole rings is 1. The molecule has 21 heavy (non-hydrogen) atoms. The topological polar surface area (TPSA) is 38.6 Å². The van der Waals surface area contributed by atoms with Crippen LogP contribution in [0.3, 0.4) is 0 Å². The minimum absolute atomic E-state index is 0.281. The van der Waals surface area contributed by atoms with Crippen LogP contribution in [0.1, 0.15) is 18.3 Å². The van der Waals surface area contributed by atoms with E-state index in [9.17, 15) is 4.39 Å². The molecule has 0 aliphatic rings. The van der Waals surface area contributed by atoms with Crippen LogP contribution in [0.25, 0.3) is 4.96 Å². The molecule has 0 radical (unpaired) electrons. The highest BCUT2D eigenvalue weighted by Gasteiger charge is 2.10. The summed E-state index contributed by atoms with van der Waals surface area (Å²) in [5.41, 5.74) is 2.79. The number of anilines is 1. The van der Waals surface area contributed by atoms with Crippen molar-refractivity contribution in [2.75, 3.05) is 11.9 Å². The van der Waals surface area contributed by atoms with Gasteiger partial charge in [-0.15, -0.1) is 11.3 Å². The van der Waals surface area contributed by atoms with E-state index >= 15 is 0 Å². The van der Waals surface area contributed by atoms with E-state index in [1.54, 1.807) is 17.4 Å². The van der Waals surface area contributed by atoms with E-state index in [2.05, 4.69) is 14.7 Å². The van der Waals surface area contributed by atoms with Crippen molar-refractivity contribution in [3.63, 3.8) is 0 Å². The fourth-order valence-electron chi connectivity index (χ4n) is 2.22. The molecule has 0 fully saturated rings. The second kappa shape index (κ2) is 5.73. The Labute approximate surface area is 126 Å². The van der Waals surface area contributed by atoms with Crippen molar-refractivity contribution in [2.24, 2.45) is 0 Å². The Kier molecular flexibility index (Phi) is 3.79. The number of halogens is 1. The van der Waals surface area contributed by atoms with Crippen LogP contribution in [0.2, 0.25) is 0 Å². The fourth-order valence-corrected chi connectivity index (χ4v) is 3.00. The molecule has 0 saturated heterocycles. The zero-order chi connectivity index (χ0) is 14.8. The number of aromatic nitrogens is 2. The molecule has 0 spiro atoms. The Morgan fingerprint density at radius 3 is 3.05 bits per heavy atom. The van der Waals surface area contributed by atoms with Crippen LogP contribution < -0.4 is 10.1 Å². The molecule has 4 nitrogen and oxygen atoms in total. The molecular formula is C15H16FN3OS. The predicted octanol–water partition coefficient (Wildman–Crippen LogP) is 3.85. The first-order valence-electron chi connectivity index (χ1n) is 6.76. The Balaban J connectivity index is 1.77. The number of benzene rings is 1. The Bertz CT molecular complexity index is 765. The smallest absolute Gasteiger partial charge is 0.194 e. The number of aryl methyl sites for hydroxylation is 1. The summed E-state index contributed by atoms with van der Waals surface area (Å²) in [6.45, 7) is 4.86. The number of thiazole rings is 1. The van der Waals surface area contributed by atoms with Gasteiger partial charge in [0, 0.05) is 23.3 Å². The third-order valence-corrected chi connectivity index (χ3v) is 4.01. The summed E-state index contributed by atoms with van der Waals surface area (Å²) in [6.07, 6.45) is 2.00. The van der Waals surface area contributed by atoms with Crippen molar-refractivity contribution in [3.05, 3.63) is 47.0 Å². The number of ether oxygens (including phenoxy) is 1. The van der Waals surface area contributed by atoms with E-state index in [4.69, 9.17) is 4.74 Å². The van der Waals surface area contributed by atoms with Gasteiger partial charge in [-0.1, -0.05) is 0 Å². The zero-order valence-electron chi connectivity index (χ0n) is 11.9. The molecule has 0 saturated carbocycles. The lowest BCUT2D eigenvalue weighted by Crippen LogP contribution is -2.04. The van der Waals surface area contributed by atoms with Gasteiger partial charge in [0.05, 0.1) is 24.5 Å². The van der Waals surface area contributed by atoms with Crippen molar-refractivity contribution >= 4 is 22.0 Å². The van der Waals surface area contributed by atoms with Crippen molar-refractivity contribution in [2.45, 2.75) is 20.4 Å². The summed E-state index contributed by atoms with van der Waals surface area (Å²) >= 11 is 1.60. The molecule has 0 aliphatic heterocycles. The molecule has 0 unspecified atom stereocenters. The number of nitrogens with zero attached hydrogens (tertiary/aromatic N) is 2. The van der Waals surface area contributed by atoms with E-state index in [-0.39, 0.29) is 11.6 Å². The molecule has 0 bridgehead atoms. The first-order chi connectivity index (χ1) is 10.2. The standard InChI is InChI=1S/C15H16FN3OS/c1-3-20-14-5-4-11(8-12(14)16)17-9-13-10(2)18-15-19(13)6-7-21-15/h4-8,17H,3,9H2,1-2H3. The van der Waals surface area contributed by atoms with Crippen molar-refractivity contribution < 1.29 is 9.13 Å². The van der Waals surface area contributed by atoms with Crippen molar-refractivity contribution in [1.29, 1.82) is 0 Å². The van der Waals surface area contributed by atoms with Crippen LogP contribution in [0, 0.1) is 12.7 Å². The highest BCUT2D eigenvalue weighted by atomic mass is 32.1. The number of nitrogens with one attached hydrogen (secondary N) is 1. The van der Waals surface area contributed by atoms with Gasteiger partial charge in [-0.3, -0.25) is 4.40 Å². The molecular weight excluding hydrogens is 289 g/mol. The molecule has 1 N–H and O–H groups in total. The summed E-state index contributed by atoms with van der Waals surface area (Å²) in [5.74, 6) is -0.0728. The van der Waals surface area contributed by atoms with Crippen LogP contribution in [0.5, 0.6) is 5.75 Å². The molecule has 0 aliphatic carbocycles. The van der Waals surface area contributed by atoms with Gasteiger partial charge >= 0.3 is 0 Å². The molecule has 2 heterocycles. The maximum atomic E-state index is 13.8. The third kappa shape index (κ3) is 2.71. The van der Waals surface area contributed by atoms with Crippen molar-refractivity contribution in [1.82, 2.24) is 9.38 Å². The molecule has 1 aromatic carbocycles. The van der Waals surface area contributed by atoms with E-state index < -0.39 is 0 Å². The fraction of sp³-hybridized carbons (Fsp3) is 0.267. The molecule has 2 aromatic heterocycles. The van der Waals surface area contributed by atoms with E-state index in [0.717, 1.165) is 22.0 Å². The van der Waals surface area contributed by atoms with Crippen LogP contribution in [0.4, 0.5) is 10.1 Å². The van der Waals surface area contributed by atoms with Gasteiger partial charge in [-0.25, -0.2) is 9.37 Å². The average molecular weight is 305 g/mol. The van der Waals surface area contributed by atoms with Crippen LogP contribution >= 0.6 is 11.3 Å². The summed E-state index contributed by atoms with van der Waals surface area (Å²) < 4.78 is 21.1. The highest BCUT2D eigenvalue weighted by Crippen LogP contribution is 2.22. The molecule has 0 atom stereocenters. The summed E-state index contributed by atoms with van der Waals surface area (Å²) in [6, 6.07) is 4.91. The van der Waals surface area contributed by atoms with Gasteiger partial charge in [0.15, 0.2) is 16.5 Å². The van der Waals surface area contributed by atoms with E-state index in [1.165, 1.54) is 6.07 Å². The lowest BCUT2D eigenvalue weighted by Gasteiger charge is -2.09. The van der Waals surface area contributed by atoms with E-state index in [1.807, 2.05) is 31.5 Å². The molecule has 3 aromatic rings. The number of hydrogen-bond donors (Lipinski definition) is 1. The second-order valence-electron chi connectivity index (χ2n) is 4.63. The normalized spacial score (nSPS) is 11.0. The molecule has 110 valence electrons. The first kappa shape index (κ1) is 13.9. The largest absolute Gasteiger partial charge is 0.491 e. The minimum Gasteiger partial charge on any atom is -0.491 e. The second-order valence-corrected chi connectivity index (χ2v) is 5.50. The average Bonchev–Trinajstić information content (AvgIpc) is 3.00. The van der Waals surface area contributed by atoms with Gasteiger partial charge in [0.2, 0.25) is 0 Å². The van der Waals surface area contributed by atoms with E-state index in [0.29, 0.717) is 13.2 Å². The zero-order valence-corrected chi connectivity index (χ0v) is 12.7. The van der Waals surface area contributed by atoms with Crippen LogP contribution in [0.15, 0.2) is 29.8 Å². The number of rotatable bonds is 5. The maximum absolute atomic E-state index is 13.8. The van der Waals surface area contributed by atoms with Crippen molar-refractivity contribution in [3.8, 4) is 5.75 Å². The van der Waals surface area contributed by atoms with Crippen LogP contribution in [-0.4, -0.2) is 16.0 Å². The van der Waals surface area contributed by atoms with Gasteiger partial charge in [-0.05, 0) is 26.0 Å². The molecule has 6 heteroatoms. The third-order valence-electron chi connectivity index (χ3n) is 3.25. The summed E-state index contributed by atoms with van der Waals surface area (Å²) in [4.78, 5) is 5.46. The monoisotopic (exact) mass is 305 g/mol. The highest BCUT2D eigenvalue weighted by molar-refractivity contribution is 7.15. The van der Waals surface area contributed by atoms with Gasteiger partial charge in [-0.2, -0.15) is 0 Å². The minimum atomic E-state index is -0.354. The Morgan fingerprint density at radius 2 is 2.29 bits per heavy atom. The molecule has 3 rings (SSSR count). The van der Waals surface area contributed by atoms with Gasteiger partial charge in [0.25, 0.3) is 0 Å².